The summed E-state index contributed by atoms with van der Waals surface area (Å²) in [5, 5.41) is 6.66. The molecule has 1 aliphatic heterocycles. The monoisotopic (exact) mass is 494 g/mol. The van der Waals surface area contributed by atoms with Gasteiger partial charge in [0.2, 0.25) is 0 Å². The fourth-order valence-electron chi connectivity index (χ4n) is 2.99. The van der Waals surface area contributed by atoms with Gasteiger partial charge < -0.3 is 20.1 Å². The smallest absolute Gasteiger partial charge is 0.191 e. The Morgan fingerprint density at radius 1 is 1.33 bits per heavy atom. The molecule has 0 aromatic heterocycles. The lowest BCUT2D eigenvalue weighted by Crippen LogP contribution is -2.44. The number of nitrogens with one attached hydrogen (secondary N) is 2. The standard InChI is InChI=1S/C19H31FN4O2.HI/c1-14(13-24-7-9-26-10-8-24)12-22-19(21-3)23-15(2)16-5-6-18(25-4)17(20)11-16;/h5-6,11,14-15H,7-10,12-13H2,1-4H3,(H2,21,22,23);1H. The normalized spacial score (nSPS) is 17.6. The number of aliphatic imine (C=N–C) groups is 1. The van der Waals surface area contributed by atoms with Gasteiger partial charge in [-0.3, -0.25) is 9.89 Å². The van der Waals surface area contributed by atoms with Gasteiger partial charge in [-0.25, -0.2) is 4.39 Å². The first-order valence-corrected chi connectivity index (χ1v) is 9.14. The molecule has 2 atom stereocenters. The topological polar surface area (TPSA) is 58.1 Å². The molecule has 1 aromatic carbocycles. The average Bonchev–Trinajstić information content (AvgIpc) is 2.65. The van der Waals surface area contributed by atoms with Crippen LogP contribution in [0.5, 0.6) is 5.75 Å². The maximum Gasteiger partial charge on any atom is 0.191 e. The number of rotatable bonds is 7. The number of morpholine rings is 1. The van der Waals surface area contributed by atoms with E-state index in [0.29, 0.717) is 11.9 Å². The summed E-state index contributed by atoms with van der Waals surface area (Å²) in [6.45, 7) is 9.68. The van der Waals surface area contributed by atoms with Crippen molar-refractivity contribution in [1.29, 1.82) is 0 Å². The molecule has 1 fully saturated rings. The maximum atomic E-state index is 13.9. The summed E-state index contributed by atoms with van der Waals surface area (Å²) in [5.41, 5.74) is 0.840. The third kappa shape index (κ3) is 7.79. The minimum Gasteiger partial charge on any atom is -0.494 e. The van der Waals surface area contributed by atoms with Crippen molar-refractivity contribution in [2.75, 3.05) is 53.6 Å². The van der Waals surface area contributed by atoms with E-state index in [1.165, 1.54) is 13.2 Å². The van der Waals surface area contributed by atoms with E-state index in [9.17, 15) is 4.39 Å². The molecule has 0 spiro atoms. The van der Waals surface area contributed by atoms with Crippen LogP contribution in [0.2, 0.25) is 0 Å². The molecule has 0 saturated carbocycles. The number of nitrogens with zero attached hydrogens (tertiary/aromatic N) is 2. The van der Waals surface area contributed by atoms with E-state index in [-0.39, 0.29) is 41.6 Å². The number of hydrogen-bond donors (Lipinski definition) is 2. The molecule has 27 heavy (non-hydrogen) atoms. The molecule has 2 N–H and O–H groups in total. The number of ether oxygens (including phenoxy) is 2. The van der Waals surface area contributed by atoms with Gasteiger partial charge in [0.05, 0.1) is 26.4 Å². The fraction of sp³-hybridized carbons (Fsp3) is 0.632. The first-order valence-electron chi connectivity index (χ1n) is 9.14. The molecular weight excluding hydrogens is 462 g/mol. The second kappa shape index (κ2) is 12.4. The Morgan fingerprint density at radius 3 is 2.63 bits per heavy atom. The largest absolute Gasteiger partial charge is 0.494 e. The second-order valence-corrected chi connectivity index (χ2v) is 6.73. The van der Waals surface area contributed by atoms with Gasteiger partial charge in [0.15, 0.2) is 17.5 Å². The highest BCUT2D eigenvalue weighted by Crippen LogP contribution is 2.21. The van der Waals surface area contributed by atoms with Crippen LogP contribution < -0.4 is 15.4 Å². The molecule has 0 amide bonds. The van der Waals surface area contributed by atoms with Crippen LogP contribution in [0.15, 0.2) is 23.2 Å². The van der Waals surface area contributed by atoms with E-state index < -0.39 is 0 Å². The lowest BCUT2D eigenvalue weighted by molar-refractivity contribution is 0.0320. The van der Waals surface area contributed by atoms with Crippen LogP contribution in [0.4, 0.5) is 4.39 Å². The molecule has 1 aliphatic rings. The first-order chi connectivity index (χ1) is 12.5. The lowest BCUT2D eigenvalue weighted by Gasteiger charge is -2.29. The van der Waals surface area contributed by atoms with Gasteiger partial charge in [-0.05, 0) is 30.5 Å². The van der Waals surface area contributed by atoms with Crippen LogP contribution in [0.25, 0.3) is 0 Å². The zero-order valence-corrected chi connectivity index (χ0v) is 19.0. The maximum absolute atomic E-state index is 13.9. The van der Waals surface area contributed by atoms with Gasteiger partial charge in [0.1, 0.15) is 0 Å². The van der Waals surface area contributed by atoms with Crippen LogP contribution >= 0.6 is 24.0 Å². The Balaban J connectivity index is 0.00000364. The van der Waals surface area contributed by atoms with E-state index >= 15 is 0 Å². The molecule has 0 aliphatic carbocycles. The van der Waals surface area contributed by atoms with Gasteiger partial charge >= 0.3 is 0 Å². The Hall–Kier alpha value is -1.13. The zero-order valence-electron chi connectivity index (χ0n) is 16.6. The zero-order chi connectivity index (χ0) is 18.9. The van der Waals surface area contributed by atoms with Gasteiger partial charge in [0, 0.05) is 33.2 Å². The van der Waals surface area contributed by atoms with Crippen molar-refractivity contribution < 1.29 is 13.9 Å². The van der Waals surface area contributed by atoms with E-state index in [0.717, 1.165) is 45.0 Å². The minimum absolute atomic E-state index is 0. The highest BCUT2D eigenvalue weighted by molar-refractivity contribution is 14.0. The van der Waals surface area contributed by atoms with Crippen molar-refractivity contribution in [3.8, 4) is 5.75 Å². The summed E-state index contributed by atoms with van der Waals surface area (Å²) in [4.78, 5) is 6.70. The average molecular weight is 494 g/mol. The number of hydrogen-bond acceptors (Lipinski definition) is 4. The summed E-state index contributed by atoms with van der Waals surface area (Å²) in [7, 11) is 3.20. The predicted octanol–water partition coefficient (Wildman–Crippen LogP) is 2.65. The Labute approximate surface area is 178 Å². The van der Waals surface area contributed by atoms with Gasteiger partial charge in [-0.1, -0.05) is 13.0 Å². The van der Waals surface area contributed by atoms with Crippen molar-refractivity contribution in [2.45, 2.75) is 19.9 Å². The van der Waals surface area contributed by atoms with Crippen LogP contribution in [-0.2, 0) is 4.74 Å². The predicted molar refractivity (Wildman–Crippen MR) is 118 cm³/mol. The number of halogens is 2. The molecule has 0 bridgehead atoms. The molecule has 1 aromatic rings. The van der Waals surface area contributed by atoms with E-state index in [2.05, 4.69) is 27.4 Å². The van der Waals surface area contributed by atoms with Crippen molar-refractivity contribution in [3.05, 3.63) is 29.6 Å². The van der Waals surface area contributed by atoms with Crippen molar-refractivity contribution >= 4 is 29.9 Å². The third-order valence-electron chi connectivity index (χ3n) is 4.54. The summed E-state index contributed by atoms with van der Waals surface area (Å²) in [6.07, 6.45) is 0. The SMILES string of the molecule is CN=C(NCC(C)CN1CCOCC1)NC(C)c1ccc(OC)c(F)c1.I. The van der Waals surface area contributed by atoms with Crippen LogP contribution in [0, 0.1) is 11.7 Å². The van der Waals surface area contributed by atoms with Gasteiger partial charge in [-0.2, -0.15) is 0 Å². The second-order valence-electron chi connectivity index (χ2n) is 6.73. The molecule has 2 unspecified atom stereocenters. The van der Waals surface area contributed by atoms with Crippen molar-refractivity contribution in [2.24, 2.45) is 10.9 Å². The summed E-state index contributed by atoms with van der Waals surface area (Å²) >= 11 is 0. The molecular formula is C19H32FIN4O2. The Morgan fingerprint density at radius 2 is 2.04 bits per heavy atom. The number of methoxy groups -OCH3 is 1. The van der Waals surface area contributed by atoms with Gasteiger partial charge in [0.25, 0.3) is 0 Å². The number of guanidine groups is 1. The lowest BCUT2D eigenvalue weighted by atomic mass is 10.1. The highest BCUT2D eigenvalue weighted by atomic mass is 127. The molecule has 1 heterocycles. The molecule has 1 saturated heterocycles. The molecule has 154 valence electrons. The minimum atomic E-state index is -0.360. The molecule has 8 heteroatoms. The van der Waals surface area contributed by atoms with Crippen LogP contribution in [-0.4, -0.2) is 64.4 Å². The van der Waals surface area contributed by atoms with Crippen LogP contribution in [0.1, 0.15) is 25.5 Å². The van der Waals surface area contributed by atoms with Crippen molar-refractivity contribution in [3.63, 3.8) is 0 Å². The molecule has 6 nitrogen and oxygen atoms in total. The Bertz CT molecular complexity index is 597. The quantitative estimate of drug-likeness (QED) is 0.347. The van der Waals surface area contributed by atoms with Crippen LogP contribution in [0.3, 0.4) is 0 Å². The van der Waals surface area contributed by atoms with Crippen molar-refractivity contribution in [1.82, 2.24) is 15.5 Å². The van der Waals surface area contributed by atoms with E-state index in [1.54, 1.807) is 13.1 Å². The molecule has 2 rings (SSSR count). The summed E-state index contributed by atoms with van der Waals surface area (Å²) in [5.74, 6) is 1.09. The summed E-state index contributed by atoms with van der Waals surface area (Å²) < 4.78 is 24.2. The van der Waals surface area contributed by atoms with Gasteiger partial charge in [-0.15, -0.1) is 24.0 Å². The first kappa shape index (κ1) is 23.9. The van der Waals surface area contributed by atoms with E-state index in [4.69, 9.17) is 9.47 Å². The third-order valence-corrected chi connectivity index (χ3v) is 4.54. The Kier molecular flexibility index (Phi) is 10.9. The summed E-state index contributed by atoms with van der Waals surface area (Å²) in [6, 6.07) is 4.92. The molecule has 0 radical (unpaired) electrons. The van der Waals surface area contributed by atoms with E-state index in [1.807, 2.05) is 13.0 Å². The highest BCUT2D eigenvalue weighted by Gasteiger charge is 2.15. The number of benzene rings is 1. The fourth-order valence-corrected chi connectivity index (χ4v) is 2.99.